The topological polar surface area (TPSA) is 86.1 Å². The molecule has 0 aromatic carbocycles. The number of pyridine rings is 1. The van der Waals surface area contributed by atoms with Gasteiger partial charge in [-0.2, -0.15) is 10.6 Å². The highest BCUT2D eigenvalue weighted by atomic mass is 79.9. The maximum atomic E-state index is 12.2. The van der Waals surface area contributed by atoms with E-state index in [2.05, 4.69) is 31.5 Å². The van der Waals surface area contributed by atoms with E-state index in [4.69, 9.17) is 16.4 Å². The molecule has 0 spiro atoms. The van der Waals surface area contributed by atoms with Gasteiger partial charge in [-0.3, -0.25) is 4.79 Å². The van der Waals surface area contributed by atoms with Crippen LogP contribution in [0, 0.1) is 5.92 Å². The number of nitrogens with zero attached hydrogens (tertiary/aromatic N) is 3. The Bertz CT molecular complexity index is 745. The van der Waals surface area contributed by atoms with E-state index in [9.17, 15) is 9.59 Å². The molecule has 1 N–H and O–H groups in total. The van der Waals surface area contributed by atoms with Gasteiger partial charge in [0.15, 0.2) is 5.82 Å². The second-order valence-electron chi connectivity index (χ2n) is 4.70. The number of carbonyl (C=O) groups is 2. The number of aromatic nitrogens is 3. The Labute approximate surface area is 138 Å². The van der Waals surface area contributed by atoms with Crippen molar-refractivity contribution in [1.29, 1.82) is 0 Å². The summed E-state index contributed by atoms with van der Waals surface area (Å²) in [4.78, 5) is 32.5. The van der Waals surface area contributed by atoms with Crippen LogP contribution < -0.4 is 5.48 Å². The summed E-state index contributed by atoms with van der Waals surface area (Å²) in [5.41, 5.74) is 2.26. The molecule has 1 amide bonds. The Morgan fingerprint density at radius 3 is 2.91 bits per heavy atom. The lowest BCUT2D eigenvalue weighted by atomic mass is 10.4. The van der Waals surface area contributed by atoms with Crippen molar-refractivity contribution in [2.75, 3.05) is 0 Å². The first kappa shape index (κ1) is 15.0. The third-order valence-corrected chi connectivity index (χ3v) is 3.69. The van der Waals surface area contributed by atoms with Crippen LogP contribution in [0.2, 0.25) is 5.02 Å². The van der Waals surface area contributed by atoms with E-state index >= 15 is 0 Å². The Balaban J connectivity index is 1.83. The molecule has 1 aliphatic rings. The van der Waals surface area contributed by atoms with E-state index in [1.165, 1.54) is 16.9 Å². The number of hydroxylamine groups is 1. The van der Waals surface area contributed by atoms with Gasteiger partial charge in [0.1, 0.15) is 10.3 Å². The van der Waals surface area contributed by atoms with Gasteiger partial charge in [-0.1, -0.05) is 11.6 Å². The average Bonchev–Trinajstić information content (AvgIpc) is 3.28. The van der Waals surface area contributed by atoms with Crippen LogP contribution in [0.1, 0.15) is 23.3 Å². The summed E-state index contributed by atoms with van der Waals surface area (Å²) < 4.78 is 1.69. The fraction of sp³-hybridized carbons (Fsp3) is 0.231. The molecule has 2 aromatic heterocycles. The number of hydrogen-bond acceptors (Lipinski definition) is 5. The van der Waals surface area contributed by atoms with Crippen LogP contribution >= 0.6 is 27.5 Å². The molecular weight excluding hydrogens is 376 g/mol. The Kier molecular flexibility index (Phi) is 4.12. The van der Waals surface area contributed by atoms with E-state index in [1.807, 2.05) is 0 Å². The predicted molar refractivity (Wildman–Crippen MR) is 80.4 cm³/mol. The second kappa shape index (κ2) is 6.05. The van der Waals surface area contributed by atoms with Gasteiger partial charge in [-0.15, -0.1) is 0 Å². The third-order valence-electron chi connectivity index (χ3n) is 3.01. The highest BCUT2D eigenvalue weighted by Gasteiger charge is 2.32. The molecule has 0 unspecified atom stereocenters. The molecule has 1 saturated carbocycles. The van der Waals surface area contributed by atoms with E-state index < -0.39 is 11.9 Å². The van der Waals surface area contributed by atoms with Crippen LogP contribution in [0.15, 0.2) is 29.0 Å². The summed E-state index contributed by atoms with van der Waals surface area (Å²) in [6.45, 7) is 0. The van der Waals surface area contributed by atoms with Gasteiger partial charge >= 0.3 is 11.9 Å². The highest BCUT2D eigenvalue weighted by Crippen LogP contribution is 2.29. The fourth-order valence-electron chi connectivity index (χ4n) is 1.76. The molecule has 2 heterocycles. The summed E-state index contributed by atoms with van der Waals surface area (Å²) in [7, 11) is 0. The van der Waals surface area contributed by atoms with E-state index in [-0.39, 0.29) is 11.6 Å². The minimum atomic E-state index is -0.617. The van der Waals surface area contributed by atoms with Crippen molar-refractivity contribution in [1.82, 2.24) is 20.2 Å². The van der Waals surface area contributed by atoms with Gasteiger partial charge in [-0.25, -0.2) is 14.5 Å². The first-order valence-electron chi connectivity index (χ1n) is 6.43. The number of rotatable bonds is 3. The van der Waals surface area contributed by atoms with Crippen LogP contribution in [0.4, 0.5) is 0 Å². The lowest BCUT2D eigenvalue weighted by Gasteiger charge is -2.08. The summed E-state index contributed by atoms with van der Waals surface area (Å²) in [5, 5.41) is 4.46. The Hall–Kier alpha value is -1.93. The van der Waals surface area contributed by atoms with Gasteiger partial charge in [-0.05, 0) is 40.9 Å². The number of halogens is 2. The smallest absolute Gasteiger partial charge is 0.335 e. The molecule has 2 aromatic rings. The van der Waals surface area contributed by atoms with E-state index in [0.29, 0.717) is 15.4 Å². The predicted octanol–water partition coefficient (Wildman–Crippen LogP) is 2.28. The zero-order valence-corrected chi connectivity index (χ0v) is 13.5. The maximum absolute atomic E-state index is 12.2. The summed E-state index contributed by atoms with van der Waals surface area (Å²) in [6.07, 6.45) is 3.12. The molecular formula is C13H10BrClN4O3. The molecule has 1 fully saturated rings. The first-order valence-corrected chi connectivity index (χ1v) is 7.61. The first-order chi connectivity index (χ1) is 10.6. The van der Waals surface area contributed by atoms with Crippen molar-refractivity contribution in [3.05, 3.63) is 39.7 Å². The summed E-state index contributed by atoms with van der Waals surface area (Å²) >= 11 is 9.26. The van der Waals surface area contributed by atoms with E-state index in [1.54, 1.807) is 12.1 Å². The summed E-state index contributed by atoms with van der Waals surface area (Å²) in [5.74, 6) is -0.862. The van der Waals surface area contributed by atoms with Gasteiger partial charge in [0.2, 0.25) is 0 Å². The van der Waals surface area contributed by atoms with Crippen molar-refractivity contribution >= 4 is 39.4 Å². The van der Waals surface area contributed by atoms with Gasteiger partial charge in [0.25, 0.3) is 0 Å². The van der Waals surface area contributed by atoms with Gasteiger partial charge in [0.05, 0.1) is 10.9 Å². The number of carbonyl (C=O) groups excluding carboxylic acids is 2. The van der Waals surface area contributed by atoms with Crippen LogP contribution in [-0.4, -0.2) is 26.6 Å². The molecule has 7 nitrogen and oxygen atoms in total. The maximum Gasteiger partial charge on any atom is 0.335 e. The minimum Gasteiger partial charge on any atom is -0.340 e. The number of amides is 1. The molecule has 0 radical (unpaired) electrons. The van der Waals surface area contributed by atoms with Crippen molar-refractivity contribution < 1.29 is 14.4 Å². The molecule has 22 heavy (non-hydrogen) atoms. The molecule has 3 rings (SSSR count). The van der Waals surface area contributed by atoms with Crippen LogP contribution in [0.5, 0.6) is 0 Å². The van der Waals surface area contributed by atoms with Crippen molar-refractivity contribution in [2.45, 2.75) is 12.8 Å². The summed E-state index contributed by atoms with van der Waals surface area (Å²) in [6, 6.07) is 4.78. The van der Waals surface area contributed by atoms with E-state index in [0.717, 1.165) is 12.8 Å². The minimum absolute atomic E-state index is 0.109. The Morgan fingerprint density at radius 2 is 2.23 bits per heavy atom. The Morgan fingerprint density at radius 1 is 1.45 bits per heavy atom. The lowest BCUT2D eigenvalue weighted by molar-refractivity contribution is -0.150. The number of nitrogens with one attached hydrogen (secondary N) is 1. The third kappa shape index (κ3) is 3.12. The standard InChI is InChI=1S/C13H10BrClN4O3/c14-10-6-9(12(20)18-22-13(21)7-3-4-7)19(17-10)11-8(15)2-1-5-16-11/h1-2,5-7H,3-4H2,(H,18,20). The van der Waals surface area contributed by atoms with Crippen molar-refractivity contribution in [2.24, 2.45) is 5.92 Å². The largest absolute Gasteiger partial charge is 0.340 e. The van der Waals surface area contributed by atoms with Gasteiger partial charge < -0.3 is 4.84 Å². The quantitative estimate of drug-likeness (QED) is 0.819. The molecule has 0 atom stereocenters. The zero-order valence-electron chi connectivity index (χ0n) is 11.1. The lowest BCUT2D eigenvalue weighted by Crippen LogP contribution is -2.29. The van der Waals surface area contributed by atoms with Crippen LogP contribution in [0.3, 0.4) is 0 Å². The SMILES string of the molecule is O=C(NOC(=O)C1CC1)c1cc(Br)nn1-c1ncccc1Cl. The normalized spacial score (nSPS) is 13.7. The highest BCUT2D eigenvalue weighted by molar-refractivity contribution is 9.10. The van der Waals surface area contributed by atoms with Crippen LogP contribution in [0.25, 0.3) is 5.82 Å². The van der Waals surface area contributed by atoms with Gasteiger partial charge in [0, 0.05) is 12.3 Å². The molecule has 1 aliphatic carbocycles. The molecule has 0 bridgehead atoms. The zero-order chi connectivity index (χ0) is 15.7. The molecule has 9 heteroatoms. The molecule has 0 aliphatic heterocycles. The molecule has 0 saturated heterocycles. The number of hydrogen-bond donors (Lipinski definition) is 1. The van der Waals surface area contributed by atoms with Crippen molar-refractivity contribution in [3.63, 3.8) is 0 Å². The second-order valence-corrected chi connectivity index (χ2v) is 5.92. The average molecular weight is 386 g/mol. The van der Waals surface area contributed by atoms with Crippen molar-refractivity contribution in [3.8, 4) is 5.82 Å². The van der Waals surface area contributed by atoms with Crippen LogP contribution in [-0.2, 0) is 9.63 Å². The fourth-order valence-corrected chi connectivity index (χ4v) is 2.34. The molecule has 114 valence electrons. The monoisotopic (exact) mass is 384 g/mol.